The van der Waals surface area contributed by atoms with E-state index in [1.54, 1.807) is 0 Å². The van der Waals surface area contributed by atoms with Crippen LogP contribution in [0.4, 0.5) is 9.93 Å². The van der Waals surface area contributed by atoms with Crippen molar-refractivity contribution in [3.63, 3.8) is 0 Å². The van der Waals surface area contributed by atoms with E-state index in [9.17, 15) is 4.79 Å². The van der Waals surface area contributed by atoms with Gasteiger partial charge in [-0.1, -0.05) is 22.6 Å². The summed E-state index contributed by atoms with van der Waals surface area (Å²) in [5, 5.41) is 7.08. The molecule has 2 aromatic rings. The molecule has 122 valence electrons. The molecule has 1 aliphatic rings. The van der Waals surface area contributed by atoms with E-state index in [1.807, 2.05) is 39.0 Å². The molecule has 0 fully saturated rings. The third kappa shape index (κ3) is 4.00. The van der Waals surface area contributed by atoms with E-state index in [4.69, 9.17) is 9.57 Å². The monoisotopic (exact) mass is 397 g/mol. The van der Waals surface area contributed by atoms with E-state index in [-0.39, 0.29) is 6.10 Å². The molecule has 2 heterocycles. The quantitative estimate of drug-likeness (QED) is 0.788. The Morgan fingerprint density at radius 3 is 2.91 bits per heavy atom. The predicted octanol–water partition coefficient (Wildman–Crippen LogP) is 4.81. The lowest BCUT2D eigenvalue weighted by atomic mass is 10.1. The van der Waals surface area contributed by atoms with Crippen LogP contribution in [-0.4, -0.2) is 21.3 Å². The van der Waals surface area contributed by atoms with Crippen molar-refractivity contribution in [3.05, 3.63) is 23.8 Å². The van der Waals surface area contributed by atoms with Crippen LogP contribution < -0.4 is 5.32 Å². The molecule has 1 aromatic heterocycles. The maximum absolute atomic E-state index is 11.8. The lowest BCUT2D eigenvalue weighted by molar-refractivity contribution is 0.0636. The number of hydrogen-bond acceptors (Lipinski definition) is 6. The van der Waals surface area contributed by atoms with Gasteiger partial charge in [0.15, 0.2) is 11.2 Å². The fourth-order valence-corrected chi connectivity index (χ4v) is 3.39. The summed E-state index contributed by atoms with van der Waals surface area (Å²) in [6, 6.07) is 5.89. The topological polar surface area (TPSA) is 72.8 Å². The van der Waals surface area contributed by atoms with Crippen molar-refractivity contribution < 1.29 is 14.4 Å². The van der Waals surface area contributed by atoms with E-state index in [2.05, 4.69) is 31.4 Å². The van der Waals surface area contributed by atoms with Gasteiger partial charge >= 0.3 is 6.09 Å². The minimum absolute atomic E-state index is 0.0851. The van der Waals surface area contributed by atoms with E-state index < -0.39 is 11.7 Å². The molecule has 0 radical (unpaired) electrons. The second kappa shape index (κ2) is 6.09. The number of oxime groups is 1. The average molecular weight is 398 g/mol. The number of benzene rings is 1. The van der Waals surface area contributed by atoms with Crippen molar-refractivity contribution in [3.8, 4) is 0 Å². The lowest BCUT2D eigenvalue weighted by Gasteiger charge is -2.18. The first-order valence-corrected chi connectivity index (χ1v) is 8.70. The van der Waals surface area contributed by atoms with Crippen LogP contribution in [0.5, 0.6) is 0 Å². The third-order valence-electron chi connectivity index (χ3n) is 3.02. The van der Waals surface area contributed by atoms with Crippen LogP contribution in [0, 0.1) is 0 Å². The summed E-state index contributed by atoms with van der Waals surface area (Å²) in [7, 11) is 0. The Labute approximate surface area is 146 Å². The number of aromatic nitrogens is 1. The van der Waals surface area contributed by atoms with E-state index >= 15 is 0 Å². The Morgan fingerprint density at radius 2 is 2.26 bits per heavy atom. The molecule has 1 amide bonds. The van der Waals surface area contributed by atoms with Gasteiger partial charge in [0.1, 0.15) is 10.2 Å². The molecule has 0 saturated carbocycles. The number of ether oxygens (including phenoxy) is 1. The standard InChI is InChI=1S/C15H16BrN3O3S/c1-15(2,3)21-14(20)18-13-17-9-5-4-8(6-11(9)23-13)10-7-12(16)19-22-10/h4-6,10H,7H2,1-3H3,(H,17,18,20)/t10-/m0/s1. The van der Waals surface area contributed by atoms with Gasteiger partial charge in [0.05, 0.1) is 10.2 Å². The first-order valence-electron chi connectivity index (χ1n) is 7.09. The first kappa shape index (κ1) is 16.2. The van der Waals surface area contributed by atoms with Gasteiger partial charge in [-0.3, -0.25) is 5.32 Å². The first-order chi connectivity index (χ1) is 10.8. The average Bonchev–Trinajstić information content (AvgIpc) is 3.00. The fraction of sp³-hybridized carbons (Fsp3) is 0.400. The van der Waals surface area contributed by atoms with E-state index in [0.717, 1.165) is 20.4 Å². The summed E-state index contributed by atoms with van der Waals surface area (Å²) >= 11 is 4.73. The molecular weight excluding hydrogens is 382 g/mol. The van der Waals surface area contributed by atoms with Crippen LogP contribution in [-0.2, 0) is 9.57 Å². The number of carbonyl (C=O) groups excluding carboxylic acids is 1. The highest BCUT2D eigenvalue weighted by molar-refractivity contribution is 9.18. The highest BCUT2D eigenvalue weighted by Gasteiger charge is 2.22. The number of thiazole rings is 1. The molecule has 0 saturated heterocycles. The van der Waals surface area contributed by atoms with Crippen molar-refractivity contribution in [2.24, 2.45) is 5.16 Å². The van der Waals surface area contributed by atoms with Crippen molar-refractivity contribution in [2.45, 2.75) is 38.9 Å². The van der Waals surface area contributed by atoms with Crippen LogP contribution in [0.15, 0.2) is 23.4 Å². The summed E-state index contributed by atoms with van der Waals surface area (Å²) in [5.41, 5.74) is 1.31. The van der Waals surface area contributed by atoms with Gasteiger partial charge < -0.3 is 9.57 Å². The maximum Gasteiger partial charge on any atom is 0.413 e. The van der Waals surface area contributed by atoms with Gasteiger partial charge in [-0.2, -0.15) is 0 Å². The number of fused-ring (bicyclic) bond motifs is 1. The SMILES string of the molecule is CC(C)(C)OC(=O)Nc1nc2ccc([C@@H]3CC(Br)=NO3)cc2s1. The largest absolute Gasteiger partial charge is 0.444 e. The highest BCUT2D eigenvalue weighted by Crippen LogP contribution is 2.33. The fourth-order valence-electron chi connectivity index (χ4n) is 2.11. The summed E-state index contributed by atoms with van der Waals surface area (Å²) < 4.78 is 7.01. The van der Waals surface area contributed by atoms with Crippen molar-refractivity contribution >= 4 is 53.3 Å². The zero-order valence-electron chi connectivity index (χ0n) is 12.9. The Morgan fingerprint density at radius 1 is 1.48 bits per heavy atom. The molecule has 23 heavy (non-hydrogen) atoms. The van der Waals surface area contributed by atoms with E-state index in [0.29, 0.717) is 11.6 Å². The smallest absolute Gasteiger partial charge is 0.413 e. The maximum atomic E-state index is 11.8. The zero-order chi connectivity index (χ0) is 16.6. The molecule has 8 heteroatoms. The predicted molar refractivity (Wildman–Crippen MR) is 94.3 cm³/mol. The molecule has 0 bridgehead atoms. The Kier molecular flexibility index (Phi) is 4.29. The third-order valence-corrected chi connectivity index (χ3v) is 4.43. The minimum atomic E-state index is -0.541. The molecule has 6 nitrogen and oxygen atoms in total. The van der Waals surface area contributed by atoms with Crippen molar-refractivity contribution in [2.75, 3.05) is 5.32 Å². The van der Waals surface area contributed by atoms with Crippen LogP contribution in [0.1, 0.15) is 38.9 Å². The minimum Gasteiger partial charge on any atom is -0.444 e. The number of hydrogen-bond donors (Lipinski definition) is 1. The van der Waals surface area contributed by atoms with Gasteiger partial charge in [-0.25, -0.2) is 9.78 Å². The molecule has 1 aromatic carbocycles. The second-order valence-electron chi connectivity index (χ2n) is 6.14. The molecule has 0 aliphatic carbocycles. The number of nitrogens with one attached hydrogen (secondary N) is 1. The van der Waals surface area contributed by atoms with Crippen LogP contribution >= 0.6 is 27.3 Å². The molecule has 0 spiro atoms. The molecule has 1 aliphatic heterocycles. The van der Waals surface area contributed by atoms with Gasteiger partial charge in [0.25, 0.3) is 0 Å². The van der Waals surface area contributed by atoms with E-state index in [1.165, 1.54) is 11.3 Å². The Balaban J connectivity index is 1.76. The van der Waals surface area contributed by atoms with Gasteiger partial charge in [-0.05, 0) is 54.4 Å². The van der Waals surface area contributed by atoms with Crippen LogP contribution in [0.2, 0.25) is 0 Å². The summed E-state index contributed by atoms with van der Waals surface area (Å²) in [6.07, 6.45) is 0.124. The second-order valence-corrected chi connectivity index (χ2v) is 8.08. The van der Waals surface area contributed by atoms with Crippen LogP contribution in [0.25, 0.3) is 10.2 Å². The number of carbonyl (C=O) groups is 1. The number of halogens is 1. The van der Waals surface area contributed by atoms with Gasteiger partial charge in [-0.15, -0.1) is 0 Å². The van der Waals surface area contributed by atoms with Crippen molar-refractivity contribution in [1.29, 1.82) is 0 Å². The molecule has 1 atom stereocenters. The normalized spacial score (nSPS) is 17.7. The highest BCUT2D eigenvalue weighted by atomic mass is 79.9. The number of nitrogens with zero attached hydrogens (tertiary/aromatic N) is 2. The Bertz CT molecular complexity index is 782. The molecular formula is C15H16BrN3O3S. The molecule has 1 N–H and O–H groups in total. The van der Waals surface area contributed by atoms with Crippen molar-refractivity contribution in [1.82, 2.24) is 4.98 Å². The zero-order valence-corrected chi connectivity index (χ0v) is 15.3. The summed E-state index contributed by atoms with van der Waals surface area (Å²) in [6.45, 7) is 5.46. The van der Waals surface area contributed by atoms with Crippen LogP contribution in [0.3, 0.4) is 0 Å². The van der Waals surface area contributed by atoms with Gasteiger partial charge in [0.2, 0.25) is 0 Å². The summed E-state index contributed by atoms with van der Waals surface area (Å²) in [5.74, 6) is 0. The summed E-state index contributed by atoms with van der Waals surface area (Å²) in [4.78, 5) is 21.6. The Hall–Kier alpha value is -1.67. The molecule has 3 rings (SSSR count). The number of amides is 1. The molecule has 0 unspecified atom stereocenters. The number of rotatable bonds is 2. The number of anilines is 1. The lowest BCUT2D eigenvalue weighted by Crippen LogP contribution is -2.27. The van der Waals surface area contributed by atoms with Gasteiger partial charge in [0, 0.05) is 6.42 Å².